The third-order valence-electron chi connectivity index (χ3n) is 1.64. The van der Waals surface area contributed by atoms with Gasteiger partial charge in [0.1, 0.15) is 5.75 Å². The smallest absolute Gasteiger partial charge is 0.258 e. The molecule has 0 saturated heterocycles. The first-order chi connectivity index (χ1) is 6.09. The number of nitrogens with one attached hydrogen (secondary N) is 1. The SMILES string of the molecule is CC(Nc1ccc(O)cc1)C(F)F. The normalized spacial score (nSPS) is 12.9. The van der Waals surface area contributed by atoms with E-state index in [9.17, 15) is 8.78 Å². The Labute approximate surface area is 75.2 Å². The maximum atomic E-state index is 12.1. The molecule has 1 unspecified atom stereocenters. The third-order valence-corrected chi connectivity index (χ3v) is 1.64. The minimum Gasteiger partial charge on any atom is -0.508 e. The molecule has 0 aliphatic carbocycles. The molecule has 1 aromatic carbocycles. The number of phenolic OH excluding ortho intramolecular Hbond substituents is 1. The van der Waals surface area contributed by atoms with Crippen molar-refractivity contribution in [1.29, 1.82) is 0 Å². The van der Waals surface area contributed by atoms with Crippen LogP contribution in [0.15, 0.2) is 24.3 Å². The van der Waals surface area contributed by atoms with Gasteiger partial charge >= 0.3 is 0 Å². The molecule has 72 valence electrons. The van der Waals surface area contributed by atoms with E-state index in [0.717, 1.165) is 0 Å². The van der Waals surface area contributed by atoms with Crippen LogP contribution < -0.4 is 5.32 Å². The topological polar surface area (TPSA) is 32.3 Å². The van der Waals surface area contributed by atoms with Gasteiger partial charge in [0.15, 0.2) is 0 Å². The van der Waals surface area contributed by atoms with Gasteiger partial charge in [-0.2, -0.15) is 0 Å². The summed E-state index contributed by atoms with van der Waals surface area (Å²) < 4.78 is 24.2. The summed E-state index contributed by atoms with van der Waals surface area (Å²) in [5, 5.41) is 11.5. The predicted molar refractivity (Wildman–Crippen MR) is 47.2 cm³/mol. The highest BCUT2D eigenvalue weighted by molar-refractivity contribution is 5.46. The van der Waals surface area contributed by atoms with Crippen molar-refractivity contribution in [3.63, 3.8) is 0 Å². The second-order valence-electron chi connectivity index (χ2n) is 2.81. The highest BCUT2D eigenvalue weighted by atomic mass is 19.3. The number of hydrogen-bond acceptors (Lipinski definition) is 2. The summed E-state index contributed by atoms with van der Waals surface area (Å²) in [6.07, 6.45) is -2.39. The molecule has 1 aromatic rings. The van der Waals surface area contributed by atoms with Crippen molar-refractivity contribution in [2.45, 2.75) is 19.4 Å². The maximum absolute atomic E-state index is 12.1. The van der Waals surface area contributed by atoms with E-state index in [4.69, 9.17) is 5.11 Å². The number of halogens is 2. The summed E-state index contributed by atoms with van der Waals surface area (Å²) in [5.74, 6) is 0.121. The summed E-state index contributed by atoms with van der Waals surface area (Å²) >= 11 is 0. The predicted octanol–water partition coefficient (Wildman–Crippen LogP) is 2.46. The Kier molecular flexibility index (Phi) is 3.06. The Hall–Kier alpha value is -1.32. The second-order valence-corrected chi connectivity index (χ2v) is 2.81. The molecule has 2 nitrogen and oxygen atoms in total. The van der Waals surface area contributed by atoms with Crippen LogP contribution in [0.1, 0.15) is 6.92 Å². The van der Waals surface area contributed by atoms with Gasteiger partial charge in [0.05, 0.1) is 6.04 Å². The van der Waals surface area contributed by atoms with Gasteiger partial charge in [0.25, 0.3) is 6.43 Å². The van der Waals surface area contributed by atoms with Crippen LogP contribution in [0, 0.1) is 0 Å². The molecule has 0 radical (unpaired) electrons. The molecular formula is C9H11F2NO. The van der Waals surface area contributed by atoms with Crippen molar-refractivity contribution in [3.8, 4) is 5.75 Å². The highest BCUT2D eigenvalue weighted by Gasteiger charge is 2.13. The number of aromatic hydroxyl groups is 1. The van der Waals surface area contributed by atoms with E-state index in [-0.39, 0.29) is 5.75 Å². The summed E-state index contributed by atoms with van der Waals surface area (Å²) in [7, 11) is 0. The van der Waals surface area contributed by atoms with Crippen LogP contribution in [-0.2, 0) is 0 Å². The van der Waals surface area contributed by atoms with Gasteiger partial charge in [-0.25, -0.2) is 8.78 Å². The zero-order valence-corrected chi connectivity index (χ0v) is 7.17. The van der Waals surface area contributed by atoms with Crippen LogP contribution in [-0.4, -0.2) is 17.6 Å². The molecule has 0 spiro atoms. The van der Waals surface area contributed by atoms with Crippen molar-refractivity contribution in [2.75, 3.05) is 5.32 Å². The van der Waals surface area contributed by atoms with E-state index in [0.29, 0.717) is 5.69 Å². The van der Waals surface area contributed by atoms with Gasteiger partial charge in [-0.3, -0.25) is 0 Å². The van der Waals surface area contributed by atoms with Gasteiger partial charge in [0, 0.05) is 5.69 Å². The molecule has 2 N–H and O–H groups in total. The Balaban J connectivity index is 2.59. The summed E-state index contributed by atoms with van der Waals surface area (Å²) in [5.41, 5.74) is 0.575. The highest BCUT2D eigenvalue weighted by Crippen LogP contribution is 2.16. The number of hydrogen-bond donors (Lipinski definition) is 2. The number of rotatable bonds is 3. The van der Waals surface area contributed by atoms with Crippen molar-refractivity contribution < 1.29 is 13.9 Å². The molecule has 0 heterocycles. The van der Waals surface area contributed by atoms with Crippen molar-refractivity contribution >= 4 is 5.69 Å². The quantitative estimate of drug-likeness (QED) is 0.712. The lowest BCUT2D eigenvalue weighted by molar-refractivity contribution is 0.131. The van der Waals surface area contributed by atoms with Crippen LogP contribution in [0.5, 0.6) is 5.75 Å². The van der Waals surface area contributed by atoms with Crippen molar-refractivity contribution in [1.82, 2.24) is 0 Å². The lowest BCUT2D eigenvalue weighted by Crippen LogP contribution is -2.23. The zero-order chi connectivity index (χ0) is 9.84. The fraction of sp³-hybridized carbons (Fsp3) is 0.333. The zero-order valence-electron chi connectivity index (χ0n) is 7.17. The summed E-state index contributed by atoms with van der Waals surface area (Å²) in [6.45, 7) is 1.40. The first-order valence-electron chi connectivity index (χ1n) is 3.93. The van der Waals surface area contributed by atoms with Crippen LogP contribution in [0.25, 0.3) is 0 Å². The molecule has 0 saturated carbocycles. The van der Waals surface area contributed by atoms with E-state index < -0.39 is 12.5 Å². The van der Waals surface area contributed by atoms with Gasteiger partial charge in [0.2, 0.25) is 0 Å². The number of anilines is 1. The van der Waals surface area contributed by atoms with E-state index in [1.165, 1.54) is 19.1 Å². The number of phenols is 1. The number of alkyl halides is 2. The van der Waals surface area contributed by atoms with E-state index in [1.807, 2.05) is 0 Å². The first-order valence-corrected chi connectivity index (χ1v) is 3.93. The molecule has 0 amide bonds. The maximum Gasteiger partial charge on any atom is 0.258 e. The molecule has 1 atom stereocenters. The molecule has 0 aliphatic rings. The van der Waals surface area contributed by atoms with Crippen molar-refractivity contribution in [2.24, 2.45) is 0 Å². The summed E-state index contributed by atoms with van der Waals surface area (Å²) in [4.78, 5) is 0. The lowest BCUT2D eigenvalue weighted by atomic mass is 10.2. The fourth-order valence-corrected chi connectivity index (χ4v) is 0.884. The molecule has 0 bridgehead atoms. The largest absolute Gasteiger partial charge is 0.508 e. The molecule has 0 fully saturated rings. The van der Waals surface area contributed by atoms with Crippen LogP contribution in [0.4, 0.5) is 14.5 Å². The van der Waals surface area contributed by atoms with Crippen molar-refractivity contribution in [3.05, 3.63) is 24.3 Å². The molecule has 0 aromatic heterocycles. The summed E-state index contributed by atoms with van der Waals surface area (Å²) in [6, 6.07) is 5.10. The first kappa shape index (κ1) is 9.77. The van der Waals surface area contributed by atoms with Crippen LogP contribution in [0.3, 0.4) is 0 Å². The van der Waals surface area contributed by atoms with Gasteiger partial charge in [-0.05, 0) is 31.2 Å². The van der Waals surface area contributed by atoms with E-state index in [1.54, 1.807) is 12.1 Å². The second kappa shape index (κ2) is 4.07. The third kappa shape index (κ3) is 2.89. The monoisotopic (exact) mass is 187 g/mol. The lowest BCUT2D eigenvalue weighted by Gasteiger charge is -2.13. The minimum atomic E-state index is -2.39. The Bertz CT molecular complexity index is 261. The molecule has 0 aliphatic heterocycles. The van der Waals surface area contributed by atoms with E-state index in [2.05, 4.69) is 5.32 Å². The molecule has 1 rings (SSSR count). The molecular weight excluding hydrogens is 176 g/mol. The van der Waals surface area contributed by atoms with Gasteiger partial charge in [-0.1, -0.05) is 0 Å². The van der Waals surface area contributed by atoms with E-state index >= 15 is 0 Å². The Morgan fingerprint density at radius 1 is 1.23 bits per heavy atom. The Morgan fingerprint density at radius 3 is 2.23 bits per heavy atom. The van der Waals surface area contributed by atoms with Crippen LogP contribution in [0.2, 0.25) is 0 Å². The number of benzene rings is 1. The standard InChI is InChI=1S/C9H11F2NO/c1-6(9(10)11)12-7-2-4-8(13)5-3-7/h2-6,9,12-13H,1H3. The van der Waals surface area contributed by atoms with Gasteiger partial charge < -0.3 is 10.4 Å². The average molecular weight is 187 g/mol. The Morgan fingerprint density at radius 2 is 1.77 bits per heavy atom. The molecule has 13 heavy (non-hydrogen) atoms. The van der Waals surface area contributed by atoms with Crippen LogP contribution >= 0.6 is 0 Å². The fourth-order valence-electron chi connectivity index (χ4n) is 0.884. The van der Waals surface area contributed by atoms with Gasteiger partial charge in [-0.15, -0.1) is 0 Å². The molecule has 4 heteroatoms. The minimum absolute atomic E-state index is 0.121. The average Bonchev–Trinajstić information content (AvgIpc) is 2.08.